The van der Waals surface area contributed by atoms with Crippen molar-refractivity contribution in [2.75, 3.05) is 7.11 Å². The fourth-order valence-corrected chi connectivity index (χ4v) is 4.44. The lowest BCUT2D eigenvalue weighted by molar-refractivity contribution is -0.154. The first-order valence-electron chi connectivity index (χ1n) is 9.54. The molecule has 2 aromatic rings. The third-order valence-corrected chi connectivity index (χ3v) is 5.84. The number of ether oxygens (including phenoxy) is 2. The second-order valence-corrected chi connectivity index (χ2v) is 7.54. The lowest BCUT2D eigenvalue weighted by Gasteiger charge is -2.11. The van der Waals surface area contributed by atoms with Gasteiger partial charge in [0.15, 0.2) is 0 Å². The van der Waals surface area contributed by atoms with E-state index < -0.39 is 30.1 Å². The maximum absolute atomic E-state index is 13.1. The van der Waals surface area contributed by atoms with E-state index in [0.29, 0.717) is 30.6 Å². The lowest BCUT2D eigenvalue weighted by Crippen LogP contribution is -2.13. The van der Waals surface area contributed by atoms with Gasteiger partial charge in [-0.1, -0.05) is 0 Å². The Labute approximate surface area is 170 Å². The number of hydrogen-bond donors (Lipinski definition) is 0. The number of carbonyl (C=O) groups is 2. The first-order valence-corrected chi connectivity index (χ1v) is 9.54. The number of alkyl halides is 3. The standard InChI is InChI=1S/C22H20F3NO4/c1-11-18(15-9-12(29-3)7-8-17(15)26(11)2)13-5-4-6-14(13)19-16(10-22(23,24)25)20(27)30-21(19)28/h7-9H,4-6,10H2,1-3H3. The molecule has 0 fully saturated rings. The average Bonchev–Trinajstić information content (AvgIpc) is 3.30. The average molecular weight is 419 g/mol. The fourth-order valence-electron chi connectivity index (χ4n) is 4.44. The van der Waals surface area contributed by atoms with Crippen LogP contribution in [0, 0.1) is 6.92 Å². The summed E-state index contributed by atoms with van der Waals surface area (Å²) in [6.07, 6.45) is -4.42. The van der Waals surface area contributed by atoms with Gasteiger partial charge in [-0.3, -0.25) is 0 Å². The van der Waals surface area contributed by atoms with Gasteiger partial charge < -0.3 is 14.0 Å². The Morgan fingerprint density at radius 1 is 1.13 bits per heavy atom. The molecule has 1 aliphatic heterocycles. The van der Waals surface area contributed by atoms with E-state index in [1.807, 2.05) is 36.7 Å². The van der Waals surface area contributed by atoms with Gasteiger partial charge in [0.25, 0.3) is 0 Å². The van der Waals surface area contributed by atoms with Crippen LogP contribution in [0.2, 0.25) is 0 Å². The monoisotopic (exact) mass is 419 g/mol. The molecule has 158 valence electrons. The van der Waals surface area contributed by atoms with Crippen molar-refractivity contribution in [3.05, 3.63) is 46.2 Å². The van der Waals surface area contributed by atoms with Gasteiger partial charge >= 0.3 is 18.1 Å². The SMILES string of the molecule is COc1ccc2c(c1)c(C1=C(C3=C(CC(F)(F)F)C(=O)OC3=O)CCC1)c(C)n2C. The van der Waals surface area contributed by atoms with Gasteiger partial charge in [0.2, 0.25) is 0 Å². The molecule has 0 saturated heterocycles. The first-order chi connectivity index (χ1) is 14.1. The summed E-state index contributed by atoms with van der Waals surface area (Å²) in [5, 5.41) is 0.888. The zero-order valence-electron chi connectivity index (χ0n) is 16.8. The minimum atomic E-state index is -4.62. The number of carbonyl (C=O) groups excluding carboxylic acids is 2. The van der Waals surface area contributed by atoms with Gasteiger partial charge in [0.05, 0.1) is 24.7 Å². The Hall–Kier alpha value is -3.03. The molecule has 1 aromatic carbocycles. The Balaban J connectivity index is 1.98. The maximum Gasteiger partial charge on any atom is 0.393 e. The predicted octanol–water partition coefficient (Wildman–Crippen LogP) is 4.77. The number of halogens is 3. The molecule has 0 saturated carbocycles. The van der Waals surface area contributed by atoms with Crippen molar-refractivity contribution < 1.29 is 32.2 Å². The Morgan fingerprint density at radius 3 is 2.50 bits per heavy atom. The van der Waals surface area contributed by atoms with Crippen LogP contribution in [0.3, 0.4) is 0 Å². The molecule has 8 heteroatoms. The second kappa shape index (κ2) is 7.04. The topological polar surface area (TPSA) is 57.5 Å². The molecule has 1 aromatic heterocycles. The van der Waals surface area contributed by atoms with Crippen LogP contribution in [0.1, 0.15) is 36.9 Å². The van der Waals surface area contributed by atoms with Gasteiger partial charge in [0, 0.05) is 29.2 Å². The zero-order chi connectivity index (χ0) is 21.8. The van der Waals surface area contributed by atoms with E-state index in [4.69, 9.17) is 4.74 Å². The zero-order valence-corrected chi connectivity index (χ0v) is 16.8. The van der Waals surface area contributed by atoms with Crippen molar-refractivity contribution in [2.24, 2.45) is 7.05 Å². The molecule has 0 bridgehead atoms. The highest BCUT2D eigenvalue weighted by Crippen LogP contribution is 2.46. The number of hydrogen-bond acceptors (Lipinski definition) is 4. The summed E-state index contributed by atoms with van der Waals surface area (Å²) < 4.78 is 51.1. The predicted molar refractivity (Wildman–Crippen MR) is 104 cm³/mol. The van der Waals surface area contributed by atoms with Crippen molar-refractivity contribution in [3.63, 3.8) is 0 Å². The minimum absolute atomic E-state index is 0.218. The fraction of sp³-hybridized carbons (Fsp3) is 0.364. The first kappa shape index (κ1) is 20.3. The van der Waals surface area contributed by atoms with Crippen LogP contribution in [0.4, 0.5) is 13.2 Å². The van der Waals surface area contributed by atoms with Gasteiger partial charge in [0.1, 0.15) is 5.75 Å². The van der Waals surface area contributed by atoms with Crippen molar-refractivity contribution in [1.29, 1.82) is 0 Å². The van der Waals surface area contributed by atoms with Gasteiger partial charge in [-0.05, 0) is 55.5 Å². The second-order valence-electron chi connectivity index (χ2n) is 7.54. The molecule has 0 amide bonds. The van der Waals surface area contributed by atoms with E-state index in [9.17, 15) is 22.8 Å². The van der Waals surface area contributed by atoms with Gasteiger partial charge in [-0.2, -0.15) is 13.2 Å². The Morgan fingerprint density at radius 2 is 1.83 bits per heavy atom. The Bertz CT molecular complexity index is 1150. The highest BCUT2D eigenvalue weighted by atomic mass is 19.4. The summed E-state index contributed by atoms with van der Waals surface area (Å²) in [4.78, 5) is 24.4. The van der Waals surface area contributed by atoms with Gasteiger partial charge in [-0.15, -0.1) is 0 Å². The van der Waals surface area contributed by atoms with Crippen molar-refractivity contribution in [1.82, 2.24) is 4.57 Å². The largest absolute Gasteiger partial charge is 0.497 e. The number of nitrogens with zero attached hydrogens (tertiary/aromatic N) is 1. The number of aryl methyl sites for hydroxylation is 1. The molecule has 4 rings (SSSR count). The molecule has 1 aliphatic carbocycles. The molecular weight excluding hydrogens is 399 g/mol. The van der Waals surface area contributed by atoms with E-state index in [1.54, 1.807) is 7.11 Å². The number of benzene rings is 1. The number of methoxy groups -OCH3 is 1. The summed E-state index contributed by atoms with van der Waals surface area (Å²) in [6.45, 7) is 1.92. The van der Waals surface area contributed by atoms with Crippen molar-refractivity contribution >= 4 is 28.4 Å². The van der Waals surface area contributed by atoms with E-state index in [1.165, 1.54) is 0 Å². The molecule has 0 atom stereocenters. The molecule has 0 unspecified atom stereocenters. The van der Waals surface area contributed by atoms with Crippen LogP contribution in [0.5, 0.6) is 5.75 Å². The van der Waals surface area contributed by atoms with E-state index >= 15 is 0 Å². The van der Waals surface area contributed by atoms with E-state index in [0.717, 1.165) is 27.7 Å². The molecule has 2 heterocycles. The molecule has 0 radical (unpaired) electrons. The molecule has 2 aliphatic rings. The maximum atomic E-state index is 13.1. The summed E-state index contributed by atoms with van der Waals surface area (Å²) >= 11 is 0. The molecule has 30 heavy (non-hydrogen) atoms. The van der Waals surface area contributed by atoms with Crippen LogP contribution >= 0.6 is 0 Å². The van der Waals surface area contributed by atoms with Crippen LogP contribution in [-0.2, 0) is 21.4 Å². The third-order valence-electron chi connectivity index (χ3n) is 5.84. The molecular formula is C22H20F3NO4. The van der Waals surface area contributed by atoms with Crippen LogP contribution in [-0.4, -0.2) is 29.8 Å². The number of cyclic esters (lactones) is 2. The summed E-state index contributed by atoms with van der Waals surface area (Å²) in [7, 11) is 3.47. The highest BCUT2D eigenvalue weighted by molar-refractivity contribution is 6.16. The molecule has 0 N–H and O–H groups in total. The number of allylic oxidation sites excluding steroid dienone is 1. The van der Waals surface area contributed by atoms with Crippen LogP contribution in [0.25, 0.3) is 16.5 Å². The van der Waals surface area contributed by atoms with E-state index in [-0.39, 0.29) is 5.57 Å². The Kier molecular flexibility index (Phi) is 4.75. The smallest absolute Gasteiger partial charge is 0.393 e. The summed E-state index contributed by atoms with van der Waals surface area (Å²) in [6, 6.07) is 5.64. The quantitative estimate of drug-likeness (QED) is 0.529. The van der Waals surface area contributed by atoms with Crippen molar-refractivity contribution in [2.45, 2.75) is 38.8 Å². The lowest BCUT2D eigenvalue weighted by atomic mass is 9.92. The number of rotatable bonds is 4. The third kappa shape index (κ3) is 3.20. The van der Waals surface area contributed by atoms with Gasteiger partial charge in [-0.25, -0.2) is 9.59 Å². The molecule has 0 spiro atoms. The highest BCUT2D eigenvalue weighted by Gasteiger charge is 2.43. The van der Waals surface area contributed by atoms with Crippen molar-refractivity contribution in [3.8, 4) is 5.75 Å². The minimum Gasteiger partial charge on any atom is -0.497 e. The number of fused-ring (bicyclic) bond motifs is 1. The number of esters is 2. The number of aromatic nitrogens is 1. The summed E-state index contributed by atoms with van der Waals surface area (Å²) in [5.74, 6) is -1.55. The molecule has 5 nitrogen and oxygen atoms in total. The van der Waals surface area contributed by atoms with Crippen LogP contribution < -0.4 is 4.74 Å². The van der Waals surface area contributed by atoms with Crippen LogP contribution in [0.15, 0.2) is 34.9 Å². The summed E-state index contributed by atoms with van der Waals surface area (Å²) in [5.41, 5.74) is 3.17. The normalized spacial score (nSPS) is 17.5. The van der Waals surface area contributed by atoms with E-state index in [2.05, 4.69) is 4.74 Å².